The van der Waals surface area contributed by atoms with Crippen LogP contribution in [0, 0.1) is 6.92 Å². The minimum absolute atomic E-state index is 0.126. The highest BCUT2D eigenvalue weighted by atomic mass is 16.5. The molecule has 24 heavy (non-hydrogen) atoms. The summed E-state index contributed by atoms with van der Waals surface area (Å²) in [7, 11) is 0. The molecule has 0 aliphatic heterocycles. The molecular weight excluding hydrogens is 300 g/mol. The molecule has 0 aliphatic rings. The number of aromatic nitrogens is 1. The van der Waals surface area contributed by atoms with Crippen LogP contribution in [0.3, 0.4) is 0 Å². The number of benzene rings is 2. The first kappa shape index (κ1) is 15.9. The molecule has 0 atom stereocenters. The van der Waals surface area contributed by atoms with Crippen molar-refractivity contribution in [3.05, 3.63) is 89.7 Å². The van der Waals surface area contributed by atoms with Crippen LogP contribution < -0.4 is 0 Å². The van der Waals surface area contributed by atoms with E-state index < -0.39 is 5.91 Å². The van der Waals surface area contributed by atoms with Gasteiger partial charge in [0.25, 0.3) is 5.91 Å². The van der Waals surface area contributed by atoms with Crippen molar-refractivity contribution in [1.82, 2.24) is 10.0 Å². The van der Waals surface area contributed by atoms with Gasteiger partial charge in [0.15, 0.2) is 0 Å². The van der Waals surface area contributed by atoms with Crippen LogP contribution in [-0.4, -0.2) is 21.2 Å². The Morgan fingerprint density at radius 2 is 1.79 bits per heavy atom. The summed E-state index contributed by atoms with van der Waals surface area (Å²) in [6.45, 7) is 2.16. The van der Waals surface area contributed by atoms with Gasteiger partial charge >= 0.3 is 0 Å². The molecule has 4 heteroatoms. The van der Waals surface area contributed by atoms with Crippen LogP contribution in [0.5, 0.6) is 0 Å². The number of hydroxylamine groups is 2. The number of hydrogen-bond donors (Lipinski definition) is 1. The molecule has 3 aromatic rings. The number of hydrogen-bond acceptors (Lipinski definition) is 3. The highest BCUT2D eigenvalue weighted by molar-refractivity contribution is 5.91. The highest BCUT2D eigenvalue weighted by Gasteiger charge is 2.15. The molecule has 1 N–H and O–H groups in total. The molecule has 0 aliphatic carbocycles. The lowest BCUT2D eigenvalue weighted by Gasteiger charge is -2.14. The molecule has 4 nitrogen and oxygen atoms in total. The maximum Gasteiger partial charge on any atom is 0.296 e. The topological polar surface area (TPSA) is 53.4 Å². The standard InChI is InChI=1S/C20H18N2O2/c1-15-6-5-9-17(12-15)18-10-11-19(21-13-18)20(23)22(24)14-16-7-3-2-4-8-16/h2-13,24H,14H2,1H3. The summed E-state index contributed by atoms with van der Waals surface area (Å²) in [6.07, 6.45) is 1.65. The number of carbonyl (C=O) groups is 1. The molecule has 0 unspecified atom stereocenters. The van der Waals surface area contributed by atoms with E-state index >= 15 is 0 Å². The predicted octanol–water partition coefficient (Wildman–Crippen LogP) is 4.09. The second kappa shape index (κ2) is 7.06. The zero-order valence-corrected chi connectivity index (χ0v) is 13.4. The van der Waals surface area contributed by atoms with Gasteiger partial charge in [-0.3, -0.25) is 15.0 Å². The van der Waals surface area contributed by atoms with Crippen molar-refractivity contribution < 1.29 is 10.0 Å². The number of nitrogens with zero attached hydrogens (tertiary/aromatic N) is 2. The van der Waals surface area contributed by atoms with E-state index in [1.54, 1.807) is 12.3 Å². The molecular formula is C20H18N2O2. The van der Waals surface area contributed by atoms with Crippen molar-refractivity contribution in [3.63, 3.8) is 0 Å². The monoisotopic (exact) mass is 318 g/mol. The van der Waals surface area contributed by atoms with E-state index in [-0.39, 0.29) is 12.2 Å². The maximum atomic E-state index is 12.3. The molecule has 0 fully saturated rings. The largest absolute Gasteiger partial charge is 0.296 e. The Balaban J connectivity index is 1.74. The average molecular weight is 318 g/mol. The Morgan fingerprint density at radius 3 is 2.46 bits per heavy atom. The summed E-state index contributed by atoms with van der Waals surface area (Å²) in [5, 5.41) is 10.7. The minimum atomic E-state index is -0.519. The van der Waals surface area contributed by atoms with Gasteiger partial charge in [-0.05, 0) is 24.1 Å². The maximum absolute atomic E-state index is 12.3. The number of pyridine rings is 1. The van der Waals surface area contributed by atoms with Crippen molar-refractivity contribution in [2.24, 2.45) is 0 Å². The summed E-state index contributed by atoms with van der Waals surface area (Å²) in [4.78, 5) is 16.5. The normalized spacial score (nSPS) is 10.4. The second-order valence-corrected chi connectivity index (χ2v) is 5.65. The lowest BCUT2D eigenvalue weighted by molar-refractivity contribution is -0.0652. The first-order valence-corrected chi connectivity index (χ1v) is 7.71. The first-order valence-electron chi connectivity index (χ1n) is 7.71. The third-order valence-corrected chi connectivity index (χ3v) is 3.74. The summed E-state index contributed by atoms with van der Waals surface area (Å²) < 4.78 is 0. The lowest BCUT2D eigenvalue weighted by atomic mass is 10.1. The average Bonchev–Trinajstić information content (AvgIpc) is 2.62. The third kappa shape index (κ3) is 3.67. The molecule has 1 amide bonds. The lowest BCUT2D eigenvalue weighted by Crippen LogP contribution is -2.27. The molecule has 0 saturated heterocycles. The Kier molecular flexibility index (Phi) is 4.68. The van der Waals surface area contributed by atoms with Crippen molar-refractivity contribution >= 4 is 5.91 Å². The molecule has 1 aromatic heterocycles. The SMILES string of the molecule is Cc1cccc(-c2ccc(C(=O)N(O)Cc3ccccc3)nc2)c1. The fourth-order valence-electron chi connectivity index (χ4n) is 2.48. The van der Waals surface area contributed by atoms with Gasteiger partial charge in [0, 0.05) is 11.8 Å². The van der Waals surface area contributed by atoms with Gasteiger partial charge in [-0.2, -0.15) is 0 Å². The Bertz CT molecular complexity index is 830. The van der Waals surface area contributed by atoms with Gasteiger partial charge in [-0.25, -0.2) is 5.06 Å². The fourth-order valence-corrected chi connectivity index (χ4v) is 2.48. The van der Waals surface area contributed by atoms with Crippen LogP contribution in [-0.2, 0) is 6.54 Å². The second-order valence-electron chi connectivity index (χ2n) is 5.65. The number of carbonyl (C=O) groups excluding carboxylic acids is 1. The van der Waals surface area contributed by atoms with Gasteiger partial charge < -0.3 is 0 Å². The van der Waals surface area contributed by atoms with Crippen LogP contribution in [0.1, 0.15) is 21.6 Å². The zero-order chi connectivity index (χ0) is 16.9. The Hall–Kier alpha value is -2.98. The molecule has 3 rings (SSSR count). The van der Waals surface area contributed by atoms with E-state index in [2.05, 4.69) is 11.1 Å². The predicted molar refractivity (Wildman–Crippen MR) is 92.5 cm³/mol. The van der Waals surface area contributed by atoms with Crippen LogP contribution in [0.2, 0.25) is 0 Å². The third-order valence-electron chi connectivity index (χ3n) is 3.74. The Labute approximate surface area is 141 Å². The van der Waals surface area contributed by atoms with Crippen LogP contribution >= 0.6 is 0 Å². The minimum Gasteiger partial charge on any atom is -0.285 e. The summed E-state index contributed by atoms with van der Waals surface area (Å²) in [5.74, 6) is -0.519. The smallest absolute Gasteiger partial charge is 0.285 e. The van der Waals surface area contributed by atoms with Crippen LogP contribution in [0.25, 0.3) is 11.1 Å². The van der Waals surface area contributed by atoms with Crippen molar-refractivity contribution in [1.29, 1.82) is 0 Å². The number of aryl methyl sites for hydroxylation is 1. The molecule has 0 radical (unpaired) electrons. The highest BCUT2D eigenvalue weighted by Crippen LogP contribution is 2.20. The quantitative estimate of drug-likeness (QED) is 0.582. The number of amides is 1. The summed E-state index contributed by atoms with van der Waals surface area (Å²) >= 11 is 0. The van der Waals surface area contributed by atoms with Crippen molar-refractivity contribution in [3.8, 4) is 11.1 Å². The van der Waals surface area contributed by atoms with Gasteiger partial charge in [0.05, 0.1) is 6.54 Å². The van der Waals surface area contributed by atoms with Crippen molar-refractivity contribution in [2.75, 3.05) is 0 Å². The molecule has 2 aromatic carbocycles. The fraction of sp³-hybridized carbons (Fsp3) is 0.100. The van der Waals surface area contributed by atoms with Gasteiger partial charge in [0.2, 0.25) is 0 Å². The van der Waals surface area contributed by atoms with Gasteiger partial charge in [0.1, 0.15) is 5.69 Å². The van der Waals surface area contributed by atoms with E-state index in [1.807, 2.05) is 61.5 Å². The first-order chi connectivity index (χ1) is 11.6. The molecule has 0 bridgehead atoms. The van der Waals surface area contributed by atoms with Crippen molar-refractivity contribution in [2.45, 2.75) is 13.5 Å². The van der Waals surface area contributed by atoms with E-state index in [1.165, 1.54) is 0 Å². The van der Waals surface area contributed by atoms with E-state index in [4.69, 9.17) is 0 Å². The molecule has 120 valence electrons. The zero-order valence-electron chi connectivity index (χ0n) is 13.4. The summed E-state index contributed by atoms with van der Waals surface area (Å²) in [6, 6.07) is 20.9. The molecule has 0 saturated carbocycles. The van der Waals surface area contributed by atoms with Gasteiger partial charge in [-0.1, -0.05) is 66.2 Å². The Morgan fingerprint density at radius 1 is 1.00 bits per heavy atom. The van der Waals surface area contributed by atoms with Crippen LogP contribution in [0.4, 0.5) is 0 Å². The van der Waals surface area contributed by atoms with E-state index in [0.29, 0.717) is 5.06 Å². The van der Waals surface area contributed by atoms with E-state index in [0.717, 1.165) is 22.3 Å². The van der Waals surface area contributed by atoms with E-state index in [9.17, 15) is 10.0 Å². The molecule has 1 heterocycles. The number of rotatable bonds is 4. The molecule has 0 spiro atoms. The summed E-state index contributed by atoms with van der Waals surface area (Å²) in [5.41, 5.74) is 4.21. The van der Waals surface area contributed by atoms with Crippen LogP contribution in [0.15, 0.2) is 72.9 Å². The van der Waals surface area contributed by atoms with Gasteiger partial charge in [-0.15, -0.1) is 0 Å².